The van der Waals surface area contributed by atoms with Crippen LogP contribution in [0.1, 0.15) is 17.7 Å². The van der Waals surface area contributed by atoms with E-state index in [-0.39, 0.29) is 24.0 Å². The molecule has 0 aliphatic heterocycles. The highest BCUT2D eigenvalue weighted by atomic mass is 127. The Hall–Kier alpha value is -2.62. The van der Waals surface area contributed by atoms with Crippen LogP contribution in [-0.2, 0) is 19.7 Å². The minimum Gasteiger partial charge on any atom is -0.487 e. The summed E-state index contributed by atoms with van der Waals surface area (Å²) in [5.41, 5.74) is 2.07. The van der Waals surface area contributed by atoms with Gasteiger partial charge >= 0.3 is 0 Å². The first-order chi connectivity index (χ1) is 13.8. The molecule has 0 unspecified atom stereocenters. The van der Waals surface area contributed by atoms with Crippen LogP contribution in [0.4, 0.5) is 0 Å². The summed E-state index contributed by atoms with van der Waals surface area (Å²) in [6.07, 6.45) is 6.51. The number of hydrogen-bond acceptors (Lipinski definition) is 4. The second-order valence-electron chi connectivity index (χ2n) is 6.23. The van der Waals surface area contributed by atoms with Crippen molar-refractivity contribution in [3.63, 3.8) is 0 Å². The lowest BCUT2D eigenvalue weighted by Crippen LogP contribution is -2.37. The van der Waals surface area contributed by atoms with Crippen LogP contribution in [0, 0.1) is 0 Å². The third kappa shape index (κ3) is 8.10. The first-order valence-corrected chi connectivity index (χ1v) is 9.37. The van der Waals surface area contributed by atoms with E-state index in [0.29, 0.717) is 13.2 Å². The van der Waals surface area contributed by atoms with E-state index in [1.807, 2.05) is 59.4 Å². The molecule has 0 amide bonds. The molecule has 0 atom stereocenters. The van der Waals surface area contributed by atoms with Crippen molar-refractivity contribution >= 4 is 29.9 Å². The van der Waals surface area contributed by atoms with Crippen LogP contribution in [0.5, 0.6) is 5.75 Å². The highest BCUT2D eigenvalue weighted by molar-refractivity contribution is 14.0. The zero-order valence-corrected chi connectivity index (χ0v) is 18.8. The maximum atomic E-state index is 5.76. The van der Waals surface area contributed by atoms with E-state index in [4.69, 9.17) is 4.74 Å². The highest BCUT2D eigenvalue weighted by Crippen LogP contribution is 2.13. The Bertz CT molecular complexity index is 837. The minimum atomic E-state index is 0. The van der Waals surface area contributed by atoms with Crippen LogP contribution >= 0.6 is 24.0 Å². The quantitative estimate of drug-likeness (QED) is 0.202. The molecule has 0 bridgehead atoms. The van der Waals surface area contributed by atoms with E-state index in [9.17, 15) is 0 Å². The summed E-state index contributed by atoms with van der Waals surface area (Å²) in [7, 11) is 1.78. The number of aromatic nitrogens is 3. The standard InChI is InChI=1S/C21H26N6O.HI/c1-22-21(24-12-4-14-27-15-5-13-26-27)25-16-18-7-9-20(10-8-18)28-17-19-6-2-3-11-23-19;/h2-3,5-11,13,15H,4,12,14,16-17H2,1H3,(H2,22,24,25);1H. The van der Waals surface area contributed by atoms with Crippen molar-refractivity contribution in [2.45, 2.75) is 26.1 Å². The smallest absolute Gasteiger partial charge is 0.191 e. The van der Waals surface area contributed by atoms with Crippen molar-refractivity contribution in [3.05, 3.63) is 78.4 Å². The predicted octanol–water partition coefficient (Wildman–Crippen LogP) is 3.23. The topological polar surface area (TPSA) is 76.4 Å². The van der Waals surface area contributed by atoms with Crippen molar-refractivity contribution in [2.75, 3.05) is 13.6 Å². The van der Waals surface area contributed by atoms with E-state index in [0.717, 1.165) is 42.5 Å². The summed E-state index contributed by atoms with van der Waals surface area (Å²) >= 11 is 0. The number of aryl methyl sites for hydroxylation is 1. The van der Waals surface area contributed by atoms with Crippen molar-refractivity contribution in [1.29, 1.82) is 0 Å². The summed E-state index contributed by atoms with van der Waals surface area (Å²) in [6.45, 7) is 2.88. The van der Waals surface area contributed by atoms with Crippen LogP contribution in [0.2, 0.25) is 0 Å². The van der Waals surface area contributed by atoms with Crippen LogP contribution in [-0.4, -0.2) is 34.3 Å². The van der Waals surface area contributed by atoms with E-state index >= 15 is 0 Å². The van der Waals surface area contributed by atoms with E-state index in [1.54, 1.807) is 19.4 Å². The molecule has 3 aromatic rings. The molecule has 7 nitrogen and oxygen atoms in total. The van der Waals surface area contributed by atoms with E-state index in [1.165, 1.54) is 0 Å². The van der Waals surface area contributed by atoms with Crippen molar-refractivity contribution < 1.29 is 4.74 Å². The zero-order chi connectivity index (χ0) is 19.4. The lowest BCUT2D eigenvalue weighted by atomic mass is 10.2. The first kappa shape index (κ1) is 22.7. The normalized spacial score (nSPS) is 10.9. The van der Waals surface area contributed by atoms with Gasteiger partial charge in [0.25, 0.3) is 0 Å². The molecule has 2 heterocycles. The van der Waals surface area contributed by atoms with Crippen LogP contribution < -0.4 is 15.4 Å². The number of aliphatic imine (C=N–C) groups is 1. The Balaban J connectivity index is 0.00000300. The largest absolute Gasteiger partial charge is 0.487 e. The maximum absolute atomic E-state index is 5.76. The number of nitrogens with one attached hydrogen (secondary N) is 2. The van der Waals surface area contributed by atoms with Gasteiger partial charge < -0.3 is 15.4 Å². The van der Waals surface area contributed by atoms with Crippen LogP contribution in [0.15, 0.2) is 72.1 Å². The lowest BCUT2D eigenvalue weighted by molar-refractivity contribution is 0.301. The van der Waals surface area contributed by atoms with Crippen LogP contribution in [0.3, 0.4) is 0 Å². The van der Waals surface area contributed by atoms with Gasteiger partial charge in [0.2, 0.25) is 0 Å². The first-order valence-electron chi connectivity index (χ1n) is 9.37. The minimum absolute atomic E-state index is 0. The van der Waals surface area contributed by atoms with Gasteiger partial charge in [0.05, 0.1) is 5.69 Å². The lowest BCUT2D eigenvalue weighted by Gasteiger charge is -2.12. The Morgan fingerprint density at radius 3 is 2.62 bits per heavy atom. The fourth-order valence-electron chi connectivity index (χ4n) is 2.63. The number of benzene rings is 1. The molecule has 1 aromatic carbocycles. The van der Waals surface area contributed by atoms with Gasteiger partial charge in [-0.25, -0.2) is 0 Å². The maximum Gasteiger partial charge on any atom is 0.191 e. The van der Waals surface area contributed by atoms with Crippen molar-refractivity contribution in [3.8, 4) is 5.75 Å². The molecular weight excluding hydrogens is 479 g/mol. The third-order valence-corrected chi connectivity index (χ3v) is 4.14. The van der Waals surface area contributed by atoms with Gasteiger partial charge in [0, 0.05) is 45.3 Å². The van der Waals surface area contributed by atoms with Gasteiger partial charge in [-0.1, -0.05) is 18.2 Å². The fraction of sp³-hybridized carbons (Fsp3) is 0.286. The molecule has 0 spiro atoms. The molecule has 29 heavy (non-hydrogen) atoms. The van der Waals surface area contributed by atoms with Gasteiger partial charge in [-0.3, -0.25) is 14.7 Å². The van der Waals surface area contributed by atoms with E-state index in [2.05, 4.69) is 25.7 Å². The number of guanidine groups is 1. The second kappa shape index (κ2) is 12.8. The SMILES string of the molecule is CN=C(NCCCn1cccn1)NCc1ccc(OCc2ccccn2)cc1.I. The highest BCUT2D eigenvalue weighted by Gasteiger charge is 2.01. The zero-order valence-electron chi connectivity index (χ0n) is 16.5. The van der Waals surface area contributed by atoms with Crippen molar-refractivity contribution in [2.24, 2.45) is 4.99 Å². The number of nitrogens with zero attached hydrogens (tertiary/aromatic N) is 4. The van der Waals surface area contributed by atoms with Gasteiger partial charge in [0.15, 0.2) is 5.96 Å². The summed E-state index contributed by atoms with van der Waals surface area (Å²) in [4.78, 5) is 8.51. The molecular formula is C21H27IN6O. The Morgan fingerprint density at radius 2 is 1.93 bits per heavy atom. The number of rotatable bonds is 9. The van der Waals surface area contributed by atoms with Crippen LogP contribution in [0.25, 0.3) is 0 Å². The molecule has 8 heteroatoms. The van der Waals surface area contributed by atoms with Gasteiger partial charge in [-0.2, -0.15) is 5.10 Å². The molecule has 0 saturated heterocycles. The number of ether oxygens (including phenoxy) is 1. The average molecular weight is 506 g/mol. The molecule has 0 radical (unpaired) electrons. The van der Waals surface area contributed by atoms with Gasteiger partial charge in [-0.05, 0) is 42.3 Å². The molecule has 0 aliphatic rings. The van der Waals surface area contributed by atoms with Crippen molar-refractivity contribution in [1.82, 2.24) is 25.4 Å². The molecule has 0 saturated carbocycles. The Morgan fingerprint density at radius 1 is 1.07 bits per heavy atom. The summed E-state index contributed by atoms with van der Waals surface area (Å²) in [6, 6.07) is 15.8. The number of hydrogen-bond donors (Lipinski definition) is 2. The fourth-order valence-corrected chi connectivity index (χ4v) is 2.63. The molecule has 0 aliphatic carbocycles. The molecule has 3 rings (SSSR count). The predicted molar refractivity (Wildman–Crippen MR) is 125 cm³/mol. The average Bonchev–Trinajstić information content (AvgIpc) is 3.27. The molecule has 2 aromatic heterocycles. The second-order valence-corrected chi connectivity index (χ2v) is 6.23. The van der Waals surface area contributed by atoms with Gasteiger partial charge in [-0.15, -0.1) is 24.0 Å². The summed E-state index contributed by atoms with van der Waals surface area (Å²) < 4.78 is 7.69. The molecule has 2 N–H and O–H groups in total. The van der Waals surface area contributed by atoms with E-state index < -0.39 is 0 Å². The van der Waals surface area contributed by atoms with Gasteiger partial charge in [0.1, 0.15) is 12.4 Å². The summed E-state index contributed by atoms with van der Waals surface area (Å²) in [5, 5.41) is 10.8. The Labute approximate surface area is 188 Å². The molecule has 0 fully saturated rings. The Kier molecular flexibility index (Phi) is 9.98. The third-order valence-electron chi connectivity index (χ3n) is 4.14. The monoisotopic (exact) mass is 506 g/mol. The number of pyridine rings is 1. The molecule has 154 valence electrons. The number of halogens is 1. The summed E-state index contributed by atoms with van der Waals surface area (Å²) in [5.74, 6) is 1.62.